The normalized spacial score (nSPS) is 10.6. The van der Waals surface area contributed by atoms with E-state index in [9.17, 15) is 9.59 Å². The number of nitrogens with one attached hydrogen (secondary N) is 2. The zero-order valence-electron chi connectivity index (χ0n) is 15.0. The second kappa shape index (κ2) is 10.0. The molecule has 0 saturated heterocycles. The quantitative estimate of drug-likeness (QED) is 0.689. The molecule has 2 amide bonds. The number of likely N-dealkylation sites (N-methyl/N-ethyl adjacent to an activating group) is 1. The minimum absolute atomic E-state index is 0.101. The van der Waals surface area contributed by atoms with Crippen molar-refractivity contribution in [1.82, 2.24) is 15.2 Å². The molecule has 0 radical (unpaired) electrons. The largest absolute Gasteiger partial charge is 0.355 e. The fourth-order valence-corrected chi connectivity index (χ4v) is 2.70. The lowest BCUT2D eigenvalue weighted by Gasteiger charge is -2.16. The van der Waals surface area contributed by atoms with Crippen LogP contribution in [0.4, 0.5) is 5.82 Å². The van der Waals surface area contributed by atoms with E-state index in [1.54, 1.807) is 30.3 Å². The maximum Gasteiger partial charge on any atom is 0.239 e. The third-order valence-corrected chi connectivity index (χ3v) is 4.27. The number of nitrogens with zero attached hydrogens (tertiary/aromatic N) is 2. The summed E-state index contributed by atoms with van der Waals surface area (Å²) in [5.74, 6) is 0.167. The van der Waals surface area contributed by atoms with Crippen LogP contribution in [0.5, 0.6) is 0 Å². The number of carbonyl (C=O) groups excluding carboxylic acids is 2. The van der Waals surface area contributed by atoms with Crippen LogP contribution in [0.2, 0.25) is 0 Å². The molecule has 2 aromatic rings. The molecule has 0 bridgehead atoms. The van der Waals surface area contributed by atoms with E-state index in [-0.39, 0.29) is 24.9 Å². The molecule has 1 aromatic carbocycles. The van der Waals surface area contributed by atoms with Gasteiger partial charge in [-0.1, -0.05) is 24.3 Å². The van der Waals surface area contributed by atoms with E-state index < -0.39 is 0 Å². The van der Waals surface area contributed by atoms with Crippen LogP contribution in [0, 0.1) is 6.92 Å². The Morgan fingerprint density at radius 3 is 2.54 bits per heavy atom. The molecule has 6 nitrogen and oxygen atoms in total. The van der Waals surface area contributed by atoms with E-state index >= 15 is 0 Å². The number of pyridine rings is 1. The van der Waals surface area contributed by atoms with Crippen molar-refractivity contribution in [3.8, 4) is 0 Å². The van der Waals surface area contributed by atoms with E-state index in [1.165, 1.54) is 11.1 Å². The van der Waals surface area contributed by atoms with Gasteiger partial charge in [-0.15, -0.1) is 0 Å². The van der Waals surface area contributed by atoms with Gasteiger partial charge in [0, 0.05) is 17.2 Å². The fraction of sp³-hybridized carbons (Fsp3) is 0.316. The van der Waals surface area contributed by atoms with Crippen molar-refractivity contribution in [2.45, 2.75) is 13.3 Å². The summed E-state index contributed by atoms with van der Waals surface area (Å²) in [6, 6.07) is 11.6. The van der Waals surface area contributed by atoms with Crippen LogP contribution in [0.3, 0.4) is 0 Å². The summed E-state index contributed by atoms with van der Waals surface area (Å²) < 4.78 is 0.843. The van der Waals surface area contributed by atoms with Gasteiger partial charge in [0.05, 0.1) is 13.1 Å². The molecule has 2 rings (SSSR count). The Balaban J connectivity index is 1.68. The highest BCUT2D eigenvalue weighted by Gasteiger charge is 2.11. The van der Waals surface area contributed by atoms with Crippen LogP contribution in [-0.4, -0.2) is 48.4 Å². The van der Waals surface area contributed by atoms with Crippen molar-refractivity contribution in [3.63, 3.8) is 0 Å². The van der Waals surface area contributed by atoms with Crippen LogP contribution < -0.4 is 10.6 Å². The molecule has 0 aliphatic heterocycles. The molecule has 1 heterocycles. The van der Waals surface area contributed by atoms with Gasteiger partial charge in [-0.25, -0.2) is 4.98 Å². The average molecular weight is 419 g/mol. The Bertz CT molecular complexity index is 749. The molecule has 0 fully saturated rings. The Labute approximate surface area is 162 Å². The number of hydrogen-bond acceptors (Lipinski definition) is 4. The highest BCUT2D eigenvalue weighted by Crippen LogP contribution is 2.10. The Morgan fingerprint density at radius 1 is 1.12 bits per heavy atom. The van der Waals surface area contributed by atoms with Gasteiger partial charge in [-0.2, -0.15) is 0 Å². The summed E-state index contributed by atoms with van der Waals surface area (Å²) in [5, 5.41) is 5.59. The van der Waals surface area contributed by atoms with E-state index in [0.29, 0.717) is 12.4 Å². The molecule has 0 unspecified atom stereocenters. The van der Waals surface area contributed by atoms with Crippen molar-refractivity contribution in [2.75, 3.05) is 32.0 Å². The minimum atomic E-state index is -0.213. The summed E-state index contributed by atoms with van der Waals surface area (Å²) in [6.07, 6.45) is 2.40. The standard InChI is InChI=1S/C19H23BrN4O2/c1-14-5-3-4-6-15(14)9-10-21-18(25)12-24(2)13-19(26)23-17-8-7-16(20)11-22-17/h3-8,11H,9-10,12-13H2,1-2H3,(H,21,25)(H,22,23,26). The number of aromatic nitrogens is 1. The monoisotopic (exact) mass is 418 g/mol. The predicted molar refractivity (Wildman–Crippen MR) is 106 cm³/mol. The van der Waals surface area contributed by atoms with Gasteiger partial charge in [0.1, 0.15) is 5.82 Å². The number of aryl methyl sites for hydroxylation is 1. The number of anilines is 1. The summed E-state index contributed by atoms with van der Waals surface area (Å²) in [5.41, 5.74) is 2.44. The van der Waals surface area contributed by atoms with Gasteiger partial charge in [0.2, 0.25) is 11.8 Å². The highest BCUT2D eigenvalue weighted by molar-refractivity contribution is 9.10. The minimum Gasteiger partial charge on any atom is -0.355 e. The van der Waals surface area contributed by atoms with E-state index in [1.807, 2.05) is 12.1 Å². The number of halogens is 1. The molecule has 1 aromatic heterocycles. The number of hydrogen-bond donors (Lipinski definition) is 2. The second-order valence-corrected chi connectivity index (χ2v) is 7.02. The van der Waals surface area contributed by atoms with Crippen molar-refractivity contribution >= 4 is 33.6 Å². The summed E-state index contributed by atoms with van der Waals surface area (Å²) >= 11 is 3.29. The molecule has 138 valence electrons. The van der Waals surface area contributed by atoms with Gasteiger partial charge in [-0.05, 0) is 59.6 Å². The Morgan fingerprint density at radius 2 is 1.85 bits per heavy atom. The van der Waals surface area contributed by atoms with Crippen molar-refractivity contribution < 1.29 is 9.59 Å². The Kier molecular flexibility index (Phi) is 7.74. The smallest absolute Gasteiger partial charge is 0.239 e. The van der Waals surface area contributed by atoms with Gasteiger partial charge in [0.25, 0.3) is 0 Å². The van der Waals surface area contributed by atoms with E-state index in [4.69, 9.17) is 0 Å². The first-order valence-electron chi connectivity index (χ1n) is 8.35. The van der Waals surface area contributed by atoms with Crippen LogP contribution in [0.1, 0.15) is 11.1 Å². The summed E-state index contributed by atoms with van der Waals surface area (Å²) in [4.78, 5) is 29.7. The number of rotatable bonds is 8. The third kappa shape index (κ3) is 6.93. The van der Waals surface area contributed by atoms with E-state index in [0.717, 1.165) is 10.9 Å². The van der Waals surface area contributed by atoms with Crippen molar-refractivity contribution in [1.29, 1.82) is 0 Å². The highest BCUT2D eigenvalue weighted by atomic mass is 79.9. The number of benzene rings is 1. The summed E-state index contributed by atoms with van der Waals surface area (Å²) in [7, 11) is 1.73. The Hall–Kier alpha value is -2.25. The maximum absolute atomic E-state index is 12.0. The lowest BCUT2D eigenvalue weighted by molar-refractivity contribution is -0.122. The SMILES string of the molecule is Cc1ccccc1CCNC(=O)CN(C)CC(=O)Nc1ccc(Br)cn1. The summed E-state index contributed by atoms with van der Waals surface area (Å²) in [6.45, 7) is 2.91. The van der Waals surface area contributed by atoms with Crippen molar-refractivity contribution in [2.24, 2.45) is 0 Å². The lowest BCUT2D eigenvalue weighted by atomic mass is 10.1. The molecule has 0 atom stereocenters. The maximum atomic E-state index is 12.0. The zero-order chi connectivity index (χ0) is 18.9. The first-order chi connectivity index (χ1) is 12.4. The topological polar surface area (TPSA) is 74.3 Å². The molecule has 0 aliphatic carbocycles. The lowest BCUT2D eigenvalue weighted by Crippen LogP contribution is -2.39. The molecule has 2 N–H and O–H groups in total. The van der Waals surface area contributed by atoms with Crippen LogP contribution in [0.15, 0.2) is 47.1 Å². The molecule has 0 aliphatic rings. The van der Waals surface area contributed by atoms with Gasteiger partial charge < -0.3 is 10.6 Å². The van der Waals surface area contributed by atoms with Crippen LogP contribution in [0.25, 0.3) is 0 Å². The average Bonchev–Trinajstić information content (AvgIpc) is 2.58. The fourth-order valence-electron chi connectivity index (χ4n) is 2.46. The number of carbonyl (C=O) groups is 2. The molecular weight excluding hydrogens is 396 g/mol. The van der Waals surface area contributed by atoms with Gasteiger partial charge in [0.15, 0.2) is 0 Å². The molecule has 0 saturated carbocycles. The molecule has 0 spiro atoms. The van der Waals surface area contributed by atoms with Crippen LogP contribution >= 0.6 is 15.9 Å². The first-order valence-corrected chi connectivity index (χ1v) is 9.14. The second-order valence-electron chi connectivity index (χ2n) is 6.11. The van der Waals surface area contributed by atoms with Crippen LogP contribution in [-0.2, 0) is 16.0 Å². The zero-order valence-corrected chi connectivity index (χ0v) is 16.5. The van der Waals surface area contributed by atoms with E-state index in [2.05, 4.69) is 50.6 Å². The molecule has 26 heavy (non-hydrogen) atoms. The predicted octanol–water partition coefficient (Wildman–Crippen LogP) is 2.38. The third-order valence-electron chi connectivity index (χ3n) is 3.80. The van der Waals surface area contributed by atoms with Crippen molar-refractivity contribution in [3.05, 3.63) is 58.2 Å². The van der Waals surface area contributed by atoms with Gasteiger partial charge >= 0.3 is 0 Å². The molecule has 7 heteroatoms. The first kappa shape index (κ1) is 20.1. The molecular formula is C19H23BrN4O2. The number of amides is 2. The van der Waals surface area contributed by atoms with Gasteiger partial charge in [-0.3, -0.25) is 14.5 Å².